The van der Waals surface area contributed by atoms with Crippen LogP contribution in [0.5, 0.6) is 0 Å². The maximum atomic E-state index is 12.1. The fourth-order valence-corrected chi connectivity index (χ4v) is 2.62. The molecule has 2 aromatic carbocycles. The number of carbonyl (C=O) groups is 1. The summed E-state index contributed by atoms with van der Waals surface area (Å²) in [5.74, 6) is 0.310. The third-order valence-corrected chi connectivity index (χ3v) is 4.39. The Morgan fingerprint density at radius 2 is 1.90 bits per heavy atom. The Morgan fingerprint density at radius 1 is 1.19 bits per heavy atom. The first-order chi connectivity index (χ1) is 10.1. The Kier molecular flexibility index (Phi) is 5.39. The molecule has 3 N–H and O–H groups in total. The number of hydrogen-bond donors (Lipinski definition) is 2. The summed E-state index contributed by atoms with van der Waals surface area (Å²) in [4.78, 5) is 12.1. The lowest BCUT2D eigenvalue weighted by Gasteiger charge is -2.13. The number of nitrogen functional groups attached to an aromatic ring is 1. The van der Waals surface area contributed by atoms with E-state index >= 15 is 0 Å². The number of benzene rings is 2. The summed E-state index contributed by atoms with van der Waals surface area (Å²) in [7, 11) is 0. The van der Waals surface area contributed by atoms with E-state index in [1.165, 1.54) is 5.56 Å². The van der Waals surface area contributed by atoms with E-state index in [1.807, 2.05) is 18.2 Å². The van der Waals surface area contributed by atoms with Crippen molar-refractivity contribution in [3.05, 3.63) is 64.1 Å². The van der Waals surface area contributed by atoms with Gasteiger partial charge in [0.15, 0.2) is 0 Å². The van der Waals surface area contributed by atoms with E-state index in [4.69, 9.17) is 5.73 Å². The van der Waals surface area contributed by atoms with Gasteiger partial charge in [-0.15, -0.1) is 0 Å². The fraction of sp³-hybridized carbons (Fsp3) is 0.235. The van der Waals surface area contributed by atoms with Crippen molar-refractivity contribution >= 4 is 27.5 Å². The monoisotopic (exact) mass is 346 g/mol. The lowest BCUT2D eigenvalue weighted by molar-refractivity contribution is 0.0952. The molecule has 0 spiro atoms. The first-order valence-corrected chi connectivity index (χ1v) is 7.76. The van der Waals surface area contributed by atoms with Gasteiger partial charge in [-0.1, -0.05) is 43.3 Å². The molecular weight excluding hydrogens is 328 g/mol. The lowest BCUT2D eigenvalue weighted by Crippen LogP contribution is -2.25. The molecule has 0 bridgehead atoms. The van der Waals surface area contributed by atoms with Gasteiger partial charge in [0.1, 0.15) is 0 Å². The molecule has 0 aliphatic heterocycles. The Labute approximate surface area is 133 Å². The number of anilines is 1. The average molecular weight is 347 g/mol. The maximum absolute atomic E-state index is 12.1. The van der Waals surface area contributed by atoms with Gasteiger partial charge in [0.05, 0.1) is 10.0 Å². The predicted molar refractivity (Wildman–Crippen MR) is 90.4 cm³/mol. The van der Waals surface area contributed by atoms with Crippen LogP contribution in [-0.4, -0.2) is 12.5 Å². The van der Waals surface area contributed by atoms with Crippen LogP contribution in [0.4, 0.5) is 5.69 Å². The number of carbonyl (C=O) groups excluding carboxylic acids is 1. The minimum Gasteiger partial charge on any atom is -0.398 e. The van der Waals surface area contributed by atoms with E-state index in [1.54, 1.807) is 18.2 Å². The van der Waals surface area contributed by atoms with E-state index in [0.717, 1.165) is 6.42 Å². The summed E-state index contributed by atoms with van der Waals surface area (Å²) in [5.41, 5.74) is 8.21. The summed E-state index contributed by atoms with van der Waals surface area (Å²) in [6.45, 7) is 2.80. The molecule has 4 heteroatoms. The van der Waals surface area contributed by atoms with Gasteiger partial charge >= 0.3 is 0 Å². The Morgan fingerprint density at radius 3 is 2.62 bits per heavy atom. The van der Waals surface area contributed by atoms with Gasteiger partial charge in [-0.3, -0.25) is 4.79 Å². The number of nitrogens with one attached hydrogen (secondary N) is 1. The normalized spacial score (nSPS) is 11.9. The molecule has 2 aromatic rings. The van der Waals surface area contributed by atoms with Gasteiger partial charge in [-0.05, 0) is 46.0 Å². The van der Waals surface area contributed by atoms with Crippen LogP contribution in [0.15, 0.2) is 53.0 Å². The molecule has 0 aliphatic rings. The molecule has 0 radical (unpaired) electrons. The van der Waals surface area contributed by atoms with Crippen LogP contribution in [-0.2, 0) is 0 Å². The summed E-state index contributed by atoms with van der Waals surface area (Å²) in [6.07, 6.45) is 0.899. The molecule has 1 unspecified atom stereocenters. The summed E-state index contributed by atoms with van der Waals surface area (Å²) < 4.78 is 0.651. The number of nitrogens with two attached hydrogens (primary N) is 1. The second-order valence-electron chi connectivity index (χ2n) is 5.07. The molecule has 0 fully saturated rings. The summed E-state index contributed by atoms with van der Waals surface area (Å²) in [6, 6.07) is 15.6. The Balaban J connectivity index is 1.89. The van der Waals surface area contributed by atoms with Crippen LogP contribution in [0.1, 0.15) is 35.2 Å². The Hall–Kier alpha value is -1.81. The van der Waals surface area contributed by atoms with Gasteiger partial charge in [-0.25, -0.2) is 0 Å². The van der Waals surface area contributed by atoms with Crippen molar-refractivity contribution in [1.82, 2.24) is 5.32 Å². The number of hydrogen-bond acceptors (Lipinski definition) is 2. The Bertz CT molecular complexity index is 613. The molecule has 1 atom stereocenters. The first kappa shape index (κ1) is 15.6. The third kappa shape index (κ3) is 4.08. The van der Waals surface area contributed by atoms with Crippen LogP contribution < -0.4 is 11.1 Å². The van der Waals surface area contributed by atoms with Crippen LogP contribution in [0.3, 0.4) is 0 Å². The highest BCUT2D eigenvalue weighted by atomic mass is 79.9. The number of amides is 1. The van der Waals surface area contributed by atoms with Crippen molar-refractivity contribution in [2.45, 2.75) is 19.3 Å². The maximum Gasteiger partial charge on any atom is 0.252 e. The van der Waals surface area contributed by atoms with E-state index in [9.17, 15) is 4.79 Å². The molecule has 0 aromatic heterocycles. The van der Waals surface area contributed by atoms with Crippen molar-refractivity contribution in [1.29, 1.82) is 0 Å². The molecule has 0 heterocycles. The standard InChI is InChI=1S/C17H19BrN2O/c1-12(13-6-3-2-4-7-13)10-11-20-17(21)14-8-5-9-15(19)16(14)18/h2-9,12H,10-11,19H2,1H3,(H,20,21). The quantitative estimate of drug-likeness (QED) is 0.805. The van der Waals surface area contributed by atoms with Crippen LogP contribution >= 0.6 is 15.9 Å². The lowest BCUT2D eigenvalue weighted by atomic mass is 9.98. The van der Waals surface area contributed by atoms with Crippen molar-refractivity contribution in [3.63, 3.8) is 0 Å². The number of rotatable bonds is 5. The zero-order valence-electron chi connectivity index (χ0n) is 12.0. The van der Waals surface area contributed by atoms with E-state index in [0.29, 0.717) is 28.2 Å². The fourth-order valence-electron chi connectivity index (χ4n) is 2.17. The van der Waals surface area contributed by atoms with Crippen LogP contribution in [0.2, 0.25) is 0 Å². The van der Waals surface area contributed by atoms with Crippen molar-refractivity contribution < 1.29 is 4.79 Å². The molecule has 1 amide bonds. The SMILES string of the molecule is CC(CCNC(=O)c1cccc(N)c1Br)c1ccccc1. The summed E-state index contributed by atoms with van der Waals surface area (Å²) in [5, 5.41) is 2.94. The van der Waals surface area contributed by atoms with Gasteiger partial charge < -0.3 is 11.1 Å². The first-order valence-electron chi connectivity index (χ1n) is 6.96. The highest BCUT2D eigenvalue weighted by Gasteiger charge is 2.12. The predicted octanol–water partition coefficient (Wildman–Crippen LogP) is 3.95. The van der Waals surface area contributed by atoms with Gasteiger partial charge in [0, 0.05) is 12.2 Å². The average Bonchev–Trinajstić information content (AvgIpc) is 2.50. The van der Waals surface area contributed by atoms with Crippen LogP contribution in [0, 0.1) is 0 Å². The summed E-state index contributed by atoms with van der Waals surface area (Å²) >= 11 is 3.35. The van der Waals surface area contributed by atoms with Crippen molar-refractivity contribution in [3.8, 4) is 0 Å². The molecule has 0 aliphatic carbocycles. The zero-order valence-corrected chi connectivity index (χ0v) is 13.6. The van der Waals surface area contributed by atoms with Gasteiger partial charge in [0.2, 0.25) is 0 Å². The minimum atomic E-state index is -0.102. The molecular formula is C17H19BrN2O. The second kappa shape index (κ2) is 7.27. The highest BCUT2D eigenvalue weighted by Crippen LogP contribution is 2.23. The van der Waals surface area contributed by atoms with Crippen molar-refractivity contribution in [2.75, 3.05) is 12.3 Å². The topological polar surface area (TPSA) is 55.1 Å². The minimum absolute atomic E-state index is 0.102. The third-order valence-electron chi connectivity index (χ3n) is 3.50. The number of halogens is 1. The van der Waals surface area contributed by atoms with Crippen molar-refractivity contribution in [2.24, 2.45) is 0 Å². The van der Waals surface area contributed by atoms with Gasteiger partial charge in [0.25, 0.3) is 5.91 Å². The smallest absolute Gasteiger partial charge is 0.252 e. The van der Waals surface area contributed by atoms with Gasteiger partial charge in [-0.2, -0.15) is 0 Å². The molecule has 21 heavy (non-hydrogen) atoms. The second-order valence-corrected chi connectivity index (χ2v) is 5.86. The molecule has 110 valence electrons. The molecule has 3 nitrogen and oxygen atoms in total. The molecule has 2 rings (SSSR count). The largest absolute Gasteiger partial charge is 0.398 e. The van der Waals surface area contributed by atoms with E-state index in [-0.39, 0.29) is 5.91 Å². The molecule has 0 saturated carbocycles. The van der Waals surface area contributed by atoms with Crippen LogP contribution in [0.25, 0.3) is 0 Å². The zero-order chi connectivity index (χ0) is 15.2. The van der Waals surface area contributed by atoms with E-state index < -0.39 is 0 Å². The molecule has 0 saturated heterocycles. The van der Waals surface area contributed by atoms with E-state index in [2.05, 4.69) is 40.3 Å². The highest BCUT2D eigenvalue weighted by molar-refractivity contribution is 9.10.